The summed E-state index contributed by atoms with van der Waals surface area (Å²) in [6, 6.07) is 3.57. The monoisotopic (exact) mass is 393 g/mol. The third-order valence-corrected chi connectivity index (χ3v) is 5.39. The van der Waals surface area contributed by atoms with Crippen LogP contribution in [0.4, 0.5) is 5.69 Å². The van der Waals surface area contributed by atoms with Gasteiger partial charge in [-0.1, -0.05) is 0 Å². The zero-order valence-corrected chi connectivity index (χ0v) is 16.4. The molecule has 0 spiro atoms. The number of aliphatic hydroxyl groups excluding tert-OH is 2. The topological polar surface area (TPSA) is 103 Å². The Hall–Kier alpha value is -2.03. The highest BCUT2D eigenvalue weighted by atomic mass is 16.6. The Bertz CT molecular complexity index is 669. The van der Waals surface area contributed by atoms with Gasteiger partial charge >= 0.3 is 0 Å². The molecule has 8 heteroatoms. The van der Waals surface area contributed by atoms with E-state index in [1.165, 1.54) is 0 Å². The van der Waals surface area contributed by atoms with Crippen molar-refractivity contribution in [2.45, 2.75) is 25.4 Å². The van der Waals surface area contributed by atoms with Crippen LogP contribution in [-0.4, -0.2) is 80.2 Å². The number of piperidine rings is 1. The van der Waals surface area contributed by atoms with Crippen LogP contribution in [0.25, 0.3) is 0 Å². The van der Waals surface area contributed by atoms with Crippen LogP contribution in [0.2, 0.25) is 0 Å². The van der Waals surface area contributed by atoms with Gasteiger partial charge in [0, 0.05) is 44.4 Å². The Morgan fingerprint density at radius 2 is 2.11 bits per heavy atom. The average molecular weight is 393 g/mol. The van der Waals surface area contributed by atoms with Gasteiger partial charge in [-0.05, 0) is 38.4 Å². The maximum atomic E-state index is 12.8. The molecule has 1 saturated heterocycles. The van der Waals surface area contributed by atoms with Crippen LogP contribution in [0, 0.1) is 5.92 Å². The van der Waals surface area contributed by atoms with Crippen LogP contribution >= 0.6 is 0 Å². The molecule has 1 aromatic rings. The van der Waals surface area contributed by atoms with Crippen LogP contribution in [0.1, 0.15) is 29.6 Å². The molecule has 2 aliphatic heterocycles. The Morgan fingerprint density at radius 3 is 2.86 bits per heavy atom. The van der Waals surface area contributed by atoms with Gasteiger partial charge in [0.2, 0.25) is 0 Å². The lowest BCUT2D eigenvalue weighted by molar-refractivity contribution is 0.0212. The third kappa shape index (κ3) is 5.06. The highest BCUT2D eigenvalue weighted by molar-refractivity contribution is 5.99. The molecule has 1 unspecified atom stereocenters. The number of carbonyl (C=O) groups is 1. The number of carbonyl (C=O) groups excluding carboxylic acids is 1. The van der Waals surface area contributed by atoms with Crippen molar-refractivity contribution in [3.05, 3.63) is 17.7 Å². The number of amides is 1. The van der Waals surface area contributed by atoms with Gasteiger partial charge in [0.05, 0.1) is 11.7 Å². The van der Waals surface area contributed by atoms with Gasteiger partial charge < -0.3 is 35.2 Å². The molecule has 1 amide bonds. The van der Waals surface area contributed by atoms with E-state index in [0.717, 1.165) is 38.0 Å². The standard InChI is InChI=1S/C20H31N3O5/c1-21-15-10-16(19-18(11-15)27-8-9-28-19)20(26)22-12-14-4-6-23(13-17(14)25)5-2-3-7-24/h10-11,14,17,21,24-25H,2-9,12-13H2,1H3,(H,22,26)/t14-,17?/m0/s1. The first-order chi connectivity index (χ1) is 13.6. The maximum absolute atomic E-state index is 12.8. The molecule has 0 bridgehead atoms. The molecule has 1 aromatic carbocycles. The van der Waals surface area contributed by atoms with Gasteiger partial charge in [0.15, 0.2) is 11.5 Å². The molecular weight excluding hydrogens is 362 g/mol. The molecule has 4 N–H and O–H groups in total. The fraction of sp³-hybridized carbons (Fsp3) is 0.650. The summed E-state index contributed by atoms with van der Waals surface area (Å²) >= 11 is 0. The zero-order chi connectivity index (χ0) is 19.9. The second kappa shape index (κ2) is 9.95. The maximum Gasteiger partial charge on any atom is 0.255 e. The number of β-amino-alcohol motifs (C(OH)–C–C–N with tert-alkyl or cyclic N) is 1. The van der Waals surface area contributed by atoms with Gasteiger partial charge in [-0.15, -0.1) is 0 Å². The lowest BCUT2D eigenvalue weighted by Crippen LogP contribution is -2.47. The summed E-state index contributed by atoms with van der Waals surface area (Å²) in [6.45, 7) is 3.89. The van der Waals surface area contributed by atoms with Crippen molar-refractivity contribution in [3.8, 4) is 11.5 Å². The van der Waals surface area contributed by atoms with Crippen LogP contribution in [0.3, 0.4) is 0 Å². The van der Waals surface area contributed by atoms with Crippen LogP contribution in [-0.2, 0) is 0 Å². The first-order valence-corrected chi connectivity index (χ1v) is 10.0. The number of unbranched alkanes of at least 4 members (excludes halogenated alkanes) is 1. The van der Waals surface area contributed by atoms with Gasteiger partial charge in [0.1, 0.15) is 13.2 Å². The van der Waals surface area contributed by atoms with E-state index in [2.05, 4.69) is 15.5 Å². The van der Waals surface area contributed by atoms with Gasteiger partial charge in [-0.2, -0.15) is 0 Å². The second-order valence-corrected chi connectivity index (χ2v) is 7.36. The normalized spacial score (nSPS) is 22.0. The predicted molar refractivity (Wildman–Crippen MR) is 106 cm³/mol. The fourth-order valence-corrected chi connectivity index (χ4v) is 3.72. The average Bonchev–Trinajstić information content (AvgIpc) is 2.72. The summed E-state index contributed by atoms with van der Waals surface area (Å²) in [4.78, 5) is 15.0. The number of aliphatic hydroxyl groups is 2. The molecule has 8 nitrogen and oxygen atoms in total. The van der Waals surface area contributed by atoms with Crippen molar-refractivity contribution >= 4 is 11.6 Å². The molecule has 1 fully saturated rings. The van der Waals surface area contributed by atoms with Crippen molar-refractivity contribution < 1.29 is 24.5 Å². The molecule has 2 aliphatic rings. The quantitative estimate of drug-likeness (QED) is 0.482. The SMILES string of the molecule is CNc1cc2c(c(C(=O)NC[C@@H]3CCN(CCCCO)CC3O)c1)OCCO2. The number of ether oxygens (including phenoxy) is 2. The summed E-state index contributed by atoms with van der Waals surface area (Å²) in [6.07, 6.45) is 2.07. The number of likely N-dealkylation sites (tertiary alicyclic amines) is 1. The smallest absolute Gasteiger partial charge is 0.255 e. The number of hydrogen-bond donors (Lipinski definition) is 4. The summed E-state index contributed by atoms with van der Waals surface area (Å²) in [5, 5.41) is 25.3. The van der Waals surface area contributed by atoms with Gasteiger partial charge in [0.25, 0.3) is 5.91 Å². The molecule has 28 heavy (non-hydrogen) atoms. The van der Waals surface area contributed by atoms with Crippen molar-refractivity contribution in [2.24, 2.45) is 5.92 Å². The van der Waals surface area contributed by atoms with E-state index in [0.29, 0.717) is 43.4 Å². The summed E-state index contributed by atoms with van der Waals surface area (Å²) in [7, 11) is 1.79. The Labute approximate surface area is 165 Å². The lowest BCUT2D eigenvalue weighted by atomic mass is 9.93. The van der Waals surface area contributed by atoms with Gasteiger partial charge in [-0.25, -0.2) is 0 Å². The number of nitrogens with one attached hydrogen (secondary N) is 2. The highest BCUT2D eigenvalue weighted by Crippen LogP contribution is 2.37. The van der Waals surface area contributed by atoms with Crippen LogP contribution in [0.15, 0.2) is 12.1 Å². The Kier molecular flexibility index (Phi) is 7.36. The number of nitrogens with zero attached hydrogens (tertiary/aromatic N) is 1. The Balaban J connectivity index is 1.56. The first kappa shape index (κ1) is 20.7. The van der Waals surface area contributed by atoms with E-state index in [9.17, 15) is 9.90 Å². The molecule has 3 rings (SSSR count). The fourth-order valence-electron chi connectivity index (χ4n) is 3.72. The minimum absolute atomic E-state index is 0.0264. The summed E-state index contributed by atoms with van der Waals surface area (Å²) in [5.74, 6) is 0.844. The number of anilines is 1. The number of benzene rings is 1. The molecular formula is C20H31N3O5. The molecule has 2 atom stereocenters. The van der Waals surface area contributed by atoms with E-state index in [-0.39, 0.29) is 18.4 Å². The van der Waals surface area contributed by atoms with E-state index in [1.807, 2.05) is 6.07 Å². The van der Waals surface area contributed by atoms with E-state index in [4.69, 9.17) is 14.6 Å². The number of hydrogen-bond acceptors (Lipinski definition) is 7. The minimum Gasteiger partial charge on any atom is -0.486 e. The molecule has 0 aliphatic carbocycles. The third-order valence-electron chi connectivity index (χ3n) is 5.39. The predicted octanol–water partition coefficient (Wildman–Crippen LogP) is 0.685. The number of fused-ring (bicyclic) bond motifs is 1. The molecule has 156 valence electrons. The summed E-state index contributed by atoms with van der Waals surface area (Å²) < 4.78 is 11.3. The zero-order valence-electron chi connectivity index (χ0n) is 16.4. The van der Waals surface area contributed by atoms with Crippen LogP contribution in [0.5, 0.6) is 11.5 Å². The van der Waals surface area contributed by atoms with Gasteiger partial charge in [-0.3, -0.25) is 4.79 Å². The van der Waals surface area contributed by atoms with Crippen molar-refractivity contribution in [1.29, 1.82) is 0 Å². The minimum atomic E-state index is -0.472. The van der Waals surface area contributed by atoms with Crippen molar-refractivity contribution in [1.82, 2.24) is 10.2 Å². The van der Waals surface area contributed by atoms with E-state index in [1.54, 1.807) is 13.1 Å². The van der Waals surface area contributed by atoms with Crippen molar-refractivity contribution in [2.75, 3.05) is 58.4 Å². The first-order valence-electron chi connectivity index (χ1n) is 10.0. The lowest BCUT2D eigenvalue weighted by Gasteiger charge is -2.36. The second-order valence-electron chi connectivity index (χ2n) is 7.36. The largest absolute Gasteiger partial charge is 0.486 e. The van der Waals surface area contributed by atoms with E-state index >= 15 is 0 Å². The molecule has 2 heterocycles. The molecule has 0 saturated carbocycles. The summed E-state index contributed by atoms with van der Waals surface area (Å²) in [5.41, 5.74) is 1.23. The highest BCUT2D eigenvalue weighted by Gasteiger charge is 2.29. The van der Waals surface area contributed by atoms with Crippen molar-refractivity contribution in [3.63, 3.8) is 0 Å². The number of rotatable bonds is 8. The van der Waals surface area contributed by atoms with Crippen LogP contribution < -0.4 is 20.1 Å². The molecule has 0 aromatic heterocycles. The Morgan fingerprint density at radius 1 is 1.29 bits per heavy atom. The van der Waals surface area contributed by atoms with E-state index < -0.39 is 6.10 Å². The molecule has 0 radical (unpaired) electrons.